The van der Waals surface area contributed by atoms with E-state index in [-0.39, 0.29) is 30.0 Å². The molecule has 1 rings (SSSR count). The van der Waals surface area contributed by atoms with Gasteiger partial charge in [0.05, 0.1) is 13.2 Å². The van der Waals surface area contributed by atoms with E-state index in [9.17, 15) is 0 Å². The highest BCUT2D eigenvalue weighted by molar-refractivity contribution is 14.0. The first-order valence-electron chi connectivity index (χ1n) is 6.80. The van der Waals surface area contributed by atoms with Crippen molar-refractivity contribution in [3.8, 4) is 5.75 Å². The van der Waals surface area contributed by atoms with Gasteiger partial charge in [0.1, 0.15) is 12.4 Å². The summed E-state index contributed by atoms with van der Waals surface area (Å²) in [6.45, 7) is 7.66. The fraction of sp³-hybridized carbons (Fsp3) is 0.533. The van der Waals surface area contributed by atoms with Crippen LogP contribution >= 0.6 is 24.0 Å². The Morgan fingerprint density at radius 3 is 2.67 bits per heavy atom. The van der Waals surface area contributed by atoms with Gasteiger partial charge in [-0.3, -0.25) is 0 Å². The molecule has 0 unspecified atom stereocenters. The summed E-state index contributed by atoms with van der Waals surface area (Å²) >= 11 is 0. The zero-order valence-corrected chi connectivity index (χ0v) is 15.5. The van der Waals surface area contributed by atoms with Crippen LogP contribution in [-0.4, -0.2) is 32.3 Å². The largest absolute Gasteiger partial charge is 0.491 e. The van der Waals surface area contributed by atoms with Crippen molar-refractivity contribution in [2.45, 2.75) is 33.4 Å². The molecule has 120 valence electrons. The van der Waals surface area contributed by atoms with Gasteiger partial charge in [-0.05, 0) is 32.4 Å². The van der Waals surface area contributed by atoms with E-state index in [4.69, 9.17) is 15.2 Å². The first-order chi connectivity index (χ1) is 9.52. The number of hydrogen-bond acceptors (Lipinski definition) is 3. The molecule has 1 aromatic carbocycles. The van der Waals surface area contributed by atoms with Gasteiger partial charge in [0.2, 0.25) is 0 Å². The van der Waals surface area contributed by atoms with Crippen molar-refractivity contribution in [3.63, 3.8) is 0 Å². The molecule has 0 spiro atoms. The highest BCUT2D eigenvalue weighted by Crippen LogP contribution is 2.21. The van der Waals surface area contributed by atoms with E-state index in [1.807, 2.05) is 39.0 Å². The second kappa shape index (κ2) is 10.7. The number of halogens is 1. The minimum absolute atomic E-state index is 0. The summed E-state index contributed by atoms with van der Waals surface area (Å²) in [4.78, 5) is 4.33. The Balaban J connectivity index is 0.00000400. The van der Waals surface area contributed by atoms with E-state index >= 15 is 0 Å². The fourth-order valence-electron chi connectivity index (χ4n) is 1.67. The molecule has 0 amide bonds. The summed E-state index contributed by atoms with van der Waals surface area (Å²) in [6.07, 6.45) is 0. The number of benzene rings is 1. The number of guanidine groups is 1. The van der Waals surface area contributed by atoms with Gasteiger partial charge in [-0.15, -0.1) is 24.0 Å². The third kappa shape index (κ3) is 8.11. The van der Waals surface area contributed by atoms with Crippen molar-refractivity contribution in [1.29, 1.82) is 0 Å². The van der Waals surface area contributed by atoms with Crippen LogP contribution < -0.4 is 15.8 Å². The molecule has 3 N–H and O–H groups in total. The average molecular weight is 407 g/mol. The van der Waals surface area contributed by atoms with Crippen LogP contribution in [0.1, 0.15) is 25.0 Å². The maximum atomic E-state index is 5.80. The molecule has 0 aliphatic carbocycles. The number of hydrogen-bond donors (Lipinski definition) is 2. The summed E-state index contributed by atoms with van der Waals surface area (Å²) in [5.41, 5.74) is 7.97. The summed E-state index contributed by atoms with van der Waals surface area (Å²) < 4.78 is 10.7. The molecule has 0 radical (unpaired) electrons. The lowest BCUT2D eigenvalue weighted by molar-refractivity contribution is 0.146. The quantitative estimate of drug-likeness (QED) is 0.315. The molecule has 0 aliphatic rings. The first-order valence-corrected chi connectivity index (χ1v) is 6.80. The van der Waals surface area contributed by atoms with Crippen molar-refractivity contribution in [1.82, 2.24) is 5.32 Å². The van der Waals surface area contributed by atoms with Gasteiger partial charge in [-0.25, -0.2) is 4.99 Å². The van der Waals surface area contributed by atoms with Gasteiger partial charge in [-0.1, -0.05) is 12.1 Å². The molecule has 0 fully saturated rings. The van der Waals surface area contributed by atoms with E-state index in [1.54, 1.807) is 7.11 Å². The Morgan fingerprint density at radius 1 is 1.33 bits per heavy atom. The Morgan fingerprint density at radius 2 is 2.05 bits per heavy atom. The van der Waals surface area contributed by atoms with Crippen LogP contribution in [0, 0.1) is 6.92 Å². The lowest BCUT2D eigenvalue weighted by atomic mass is 10.1. The second-order valence-corrected chi connectivity index (χ2v) is 4.95. The van der Waals surface area contributed by atoms with Gasteiger partial charge in [0.15, 0.2) is 5.96 Å². The predicted octanol–water partition coefficient (Wildman–Crippen LogP) is 2.45. The van der Waals surface area contributed by atoms with Crippen LogP contribution in [0.25, 0.3) is 0 Å². The highest BCUT2D eigenvalue weighted by Gasteiger charge is 2.04. The smallest absolute Gasteiger partial charge is 0.189 e. The number of nitrogens with zero attached hydrogens (tertiary/aromatic N) is 1. The molecule has 0 heterocycles. The number of aryl methyl sites for hydroxylation is 1. The standard InChI is InChI=1S/C15H25N3O2.HI/c1-11(2)18-15(16)17-10-13-6-5-12(3)9-14(13)20-8-7-19-4;/h5-6,9,11H,7-8,10H2,1-4H3,(H3,16,17,18);1H. The molecule has 1 aromatic rings. The van der Waals surface area contributed by atoms with Crippen molar-refractivity contribution in [3.05, 3.63) is 29.3 Å². The van der Waals surface area contributed by atoms with Crippen LogP contribution in [-0.2, 0) is 11.3 Å². The molecular weight excluding hydrogens is 381 g/mol. The van der Waals surface area contributed by atoms with Crippen molar-refractivity contribution < 1.29 is 9.47 Å². The number of nitrogens with two attached hydrogens (primary N) is 1. The number of aliphatic imine (C=N–C) groups is 1. The molecule has 0 saturated carbocycles. The second-order valence-electron chi connectivity index (χ2n) is 4.95. The van der Waals surface area contributed by atoms with Crippen LogP contribution in [0.3, 0.4) is 0 Å². The van der Waals surface area contributed by atoms with Crippen LogP contribution in [0.4, 0.5) is 0 Å². The van der Waals surface area contributed by atoms with Crippen molar-refractivity contribution in [2.75, 3.05) is 20.3 Å². The minimum Gasteiger partial charge on any atom is -0.491 e. The molecule has 0 aliphatic heterocycles. The first kappa shape index (κ1) is 20.0. The molecule has 0 atom stereocenters. The number of methoxy groups -OCH3 is 1. The summed E-state index contributed by atoms with van der Waals surface area (Å²) in [5.74, 6) is 1.28. The Kier molecular flexibility index (Phi) is 10.2. The van der Waals surface area contributed by atoms with Crippen LogP contribution in [0.15, 0.2) is 23.2 Å². The third-order valence-electron chi connectivity index (χ3n) is 2.62. The zero-order valence-electron chi connectivity index (χ0n) is 13.2. The van der Waals surface area contributed by atoms with Gasteiger partial charge in [0, 0.05) is 18.7 Å². The maximum absolute atomic E-state index is 5.80. The van der Waals surface area contributed by atoms with Crippen molar-refractivity contribution >= 4 is 29.9 Å². The van der Waals surface area contributed by atoms with E-state index in [0.29, 0.717) is 25.7 Å². The topological polar surface area (TPSA) is 68.9 Å². The summed E-state index contributed by atoms with van der Waals surface area (Å²) in [5, 5.41) is 3.06. The van der Waals surface area contributed by atoms with Crippen molar-refractivity contribution in [2.24, 2.45) is 10.7 Å². The molecule has 6 heteroatoms. The van der Waals surface area contributed by atoms with E-state index in [2.05, 4.69) is 10.3 Å². The summed E-state index contributed by atoms with van der Waals surface area (Å²) in [6, 6.07) is 6.34. The molecule has 21 heavy (non-hydrogen) atoms. The van der Waals surface area contributed by atoms with Gasteiger partial charge >= 0.3 is 0 Å². The SMILES string of the molecule is COCCOc1cc(C)ccc1CN=C(N)NC(C)C.I. The van der Waals surface area contributed by atoms with Gasteiger partial charge in [0.25, 0.3) is 0 Å². The van der Waals surface area contributed by atoms with Crippen LogP contribution in [0.5, 0.6) is 5.75 Å². The molecule has 0 aromatic heterocycles. The third-order valence-corrected chi connectivity index (χ3v) is 2.62. The van der Waals surface area contributed by atoms with Crippen LogP contribution in [0.2, 0.25) is 0 Å². The molecular formula is C15H26IN3O2. The van der Waals surface area contributed by atoms with Gasteiger partial charge in [-0.2, -0.15) is 0 Å². The molecule has 5 nitrogen and oxygen atoms in total. The average Bonchev–Trinajstić information content (AvgIpc) is 2.37. The number of rotatable bonds is 7. The van der Waals surface area contributed by atoms with E-state index < -0.39 is 0 Å². The number of ether oxygens (including phenoxy) is 2. The number of nitrogens with one attached hydrogen (secondary N) is 1. The molecule has 0 bridgehead atoms. The highest BCUT2D eigenvalue weighted by atomic mass is 127. The lowest BCUT2D eigenvalue weighted by Crippen LogP contribution is -2.36. The van der Waals surface area contributed by atoms with E-state index in [1.165, 1.54) is 0 Å². The predicted molar refractivity (Wildman–Crippen MR) is 97.6 cm³/mol. The molecule has 0 saturated heterocycles. The summed E-state index contributed by atoms with van der Waals surface area (Å²) in [7, 11) is 1.66. The lowest BCUT2D eigenvalue weighted by Gasteiger charge is -2.12. The van der Waals surface area contributed by atoms with E-state index in [0.717, 1.165) is 16.9 Å². The zero-order chi connectivity index (χ0) is 15.0. The normalized spacial score (nSPS) is 11.2. The monoisotopic (exact) mass is 407 g/mol. The Hall–Kier alpha value is -1.02. The fourth-order valence-corrected chi connectivity index (χ4v) is 1.67. The Bertz CT molecular complexity index is 451. The van der Waals surface area contributed by atoms with Gasteiger partial charge < -0.3 is 20.5 Å². The Labute approximate surface area is 144 Å². The minimum atomic E-state index is 0. The maximum Gasteiger partial charge on any atom is 0.189 e.